The van der Waals surface area contributed by atoms with E-state index in [9.17, 15) is 5.11 Å². The number of benzene rings is 1. The smallest absolute Gasteiger partial charge is 0.146 e. The minimum Gasteiger partial charge on any atom is -0.380 e. The van der Waals surface area contributed by atoms with Crippen LogP contribution in [0.25, 0.3) is 10.1 Å². The lowest BCUT2D eigenvalue weighted by molar-refractivity contribution is 0.208. The number of aliphatic hydroxyl groups excluding tert-OH is 1. The van der Waals surface area contributed by atoms with Crippen LogP contribution in [0.3, 0.4) is 0 Å². The molecule has 1 N–H and O–H groups in total. The van der Waals surface area contributed by atoms with Crippen molar-refractivity contribution in [2.24, 2.45) is 0 Å². The van der Waals surface area contributed by atoms with Gasteiger partial charge in [-0.2, -0.15) is 0 Å². The van der Waals surface area contributed by atoms with E-state index in [1.165, 1.54) is 10.1 Å². The van der Waals surface area contributed by atoms with Crippen molar-refractivity contribution < 1.29 is 5.11 Å². The summed E-state index contributed by atoms with van der Waals surface area (Å²) in [4.78, 5) is 5.25. The average Bonchev–Trinajstić information content (AvgIpc) is 3.04. The van der Waals surface area contributed by atoms with E-state index in [1.807, 2.05) is 22.9 Å². The third kappa shape index (κ3) is 2.29. The molecule has 1 atom stereocenters. The fourth-order valence-electron chi connectivity index (χ4n) is 2.26. The molecule has 1 unspecified atom stereocenters. The Kier molecular flexibility index (Phi) is 3.36. The molecule has 0 bridgehead atoms. The molecule has 3 rings (SSSR count). The SMILES string of the molecule is CCCn1ccnc1C(O)c1cc2ccccc2s1. The largest absolute Gasteiger partial charge is 0.380 e. The number of rotatable bonds is 4. The molecule has 0 radical (unpaired) electrons. The number of imidazole rings is 1. The van der Waals surface area contributed by atoms with Gasteiger partial charge in [0.05, 0.1) is 0 Å². The molecule has 2 heterocycles. The minimum absolute atomic E-state index is 0.640. The Morgan fingerprint density at radius 3 is 3.00 bits per heavy atom. The summed E-state index contributed by atoms with van der Waals surface area (Å²) in [5.41, 5.74) is 0. The van der Waals surface area contributed by atoms with Crippen molar-refractivity contribution in [2.75, 3.05) is 0 Å². The molecule has 19 heavy (non-hydrogen) atoms. The van der Waals surface area contributed by atoms with Gasteiger partial charge in [-0.1, -0.05) is 25.1 Å². The first-order valence-electron chi connectivity index (χ1n) is 6.47. The van der Waals surface area contributed by atoms with Crippen molar-refractivity contribution in [3.63, 3.8) is 0 Å². The van der Waals surface area contributed by atoms with Gasteiger partial charge in [0.1, 0.15) is 11.9 Å². The summed E-state index contributed by atoms with van der Waals surface area (Å²) in [5, 5.41) is 11.7. The first-order chi connectivity index (χ1) is 9.29. The van der Waals surface area contributed by atoms with Gasteiger partial charge in [-0.15, -0.1) is 11.3 Å². The maximum absolute atomic E-state index is 10.5. The molecule has 0 aliphatic heterocycles. The molecule has 1 aromatic carbocycles. The van der Waals surface area contributed by atoms with Gasteiger partial charge >= 0.3 is 0 Å². The van der Waals surface area contributed by atoms with Crippen LogP contribution in [0.5, 0.6) is 0 Å². The van der Waals surface area contributed by atoms with Crippen molar-refractivity contribution in [2.45, 2.75) is 26.0 Å². The van der Waals surface area contributed by atoms with E-state index in [0.29, 0.717) is 0 Å². The molecule has 0 saturated heterocycles. The zero-order chi connectivity index (χ0) is 13.2. The van der Waals surface area contributed by atoms with Crippen molar-refractivity contribution in [3.8, 4) is 0 Å². The van der Waals surface area contributed by atoms with E-state index in [4.69, 9.17) is 0 Å². The van der Waals surface area contributed by atoms with E-state index in [2.05, 4.69) is 30.1 Å². The third-order valence-electron chi connectivity index (χ3n) is 3.17. The molecule has 98 valence electrons. The van der Waals surface area contributed by atoms with Crippen LogP contribution < -0.4 is 0 Å². The minimum atomic E-state index is -0.640. The molecule has 0 aliphatic rings. The molecular weight excluding hydrogens is 256 g/mol. The van der Waals surface area contributed by atoms with Crippen LogP contribution >= 0.6 is 11.3 Å². The molecule has 0 spiro atoms. The predicted molar refractivity (Wildman–Crippen MR) is 78.4 cm³/mol. The van der Waals surface area contributed by atoms with Gasteiger partial charge in [-0.3, -0.25) is 0 Å². The molecule has 2 aromatic heterocycles. The number of aliphatic hydroxyl groups is 1. The quantitative estimate of drug-likeness (QED) is 0.788. The summed E-state index contributed by atoms with van der Waals surface area (Å²) in [5.74, 6) is 0.730. The Morgan fingerprint density at radius 1 is 1.37 bits per heavy atom. The topological polar surface area (TPSA) is 38.0 Å². The Morgan fingerprint density at radius 2 is 2.21 bits per heavy atom. The molecule has 0 amide bonds. The van der Waals surface area contributed by atoms with Gasteiger partial charge in [0.15, 0.2) is 0 Å². The first kappa shape index (κ1) is 12.4. The van der Waals surface area contributed by atoms with E-state index in [0.717, 1.165) is 23.7 Å². The first-order valence-corrected chi connectivity index (χ1v) is 7.29. The highest BCUT2D eigenvalue weighted by Crippen LogP contribution is 2.32. The normalized spacial score (nSPS) is 12.9. The number of nitrogens with zero attached hydrogens (tertiary/aromatic N) is 2. The van der Waals surface area contributed by atoms with Crippen molar-refractivity contribution in [3.05, 3.63) is 53.4 Å². The van der Waals surface area contributed by atoms with Gasteiger partial charge in [0.25, 0.3) is 0 Å². The summed E-state index contributed by atoms with van der Waals surface area (Å²) >= 11 is 1.63. The monoisotopic (exact) mass is 272 g/mol. The zero-order valence-corrected chi connectivity index (χ0v) is 11.6. The van der Waals surface area contributed by atoms with Gasteiger partial charge in [0, 0.05) is 28.5 Å². The molecule has 0 aliphatic carbocycles. The number of hydrogen-bond donors (Lipinski definition) is 1. The maximum Gasteiger partial charge on any atom is 0.146 e. The van der Waals surface area contributed by atoms with Gasteiger partial charge in [-0.05, 0) is 23.9 Å². The molecule has 3 aromatic rings. The predicted octanol–water partition coefficient (Wildman–Crippen LogP) is 3.59. The van der Waals surface area contributed by atoms with Gasteiger partial charge in [0.2, 0.25) is 0 Å². The summed E-state index contributed by atoms with van der Waals surface area (Å²) in [7, 11) is 0. The second kappa shape index (κ2) is 5.15. The van der Waals surface area contributed by atoms with E-state index < -0.39 is 6.10 Å². The summed E-state index contributed by atoms with van der Waals surface area (Å²) in [6.45, 7) is 3.01. The number of hydrogen-bond acceptors (Lipinski definition) is 3. The lowest BCUT2D eigenvalue weighted by Gasteiger charge is -2.10. The second-order valence-electron chi connectivity index (χ2n) is 4.57. The fraction of sp³-hybridized carbons (Fsp3) is 0.267. The van der Waals surface area contributed by atoms with E-state index >= 15 is 0 Å². The highest BCUT2D eigenvalue weighted by atomic mass is 32.1. The van der Waals surface area contributed by atoms with Crippen LogP contribution in [-0.2, 0) is 6.54 Å². The van der Waals surface area contributed by atoms with Crippen molar-refractivity contribution in [1.82, 2.24) is 9.55 Å². The van der Waals surface area contributed by atoms with E-state index in [1.54, 1.807) is 17.5 Å². The third-order valence-corrected chi connectivity index (χ3v) is 4.34. The maximum atomic E-state index is 10.5. The van der Waals surface area contributed by atoms with Crippen LogP contribution in [0, 0.1) is 0 Å². The van der Waals surface area contributed by atoms with Crippen molar-refractivity contribution >= 4 is 21.4 Å². The highest BCUT2D eigenvalue weighted by molar-refractivity contribution is 7.19. The van der Waals surface area contributed by atoms with Crippen LogP contribution in [0.2, 0.25) is 0 Å². The Bertz CT molecular complexity index is 653. The Balaban J connectivity index is 1.98. The number of fused-ring (bicyclic) bond motifs is 1. The lowest BCUT2D eigenvalue weighted by Crippen LogP contribution is -2.08. The highest BCUT2D eigenvalue weighted by Gasteiger charge is 2.18. The van der Waals surface area contributed by atoms with Crippen LogP contribution in [0.15, 0.2) is 42.7 Å². The van der Waals surface area contributed by atoms with Gasteiger partial charge in [-0.25, -0.2) is 4.98 Å². The summed E-state index contributed by atoms with van der Waals surface area (Å²) < 4.78 is 3.22. The molecule has 0 fully saturated rings. The Hall–Kier alpha value is -1.65. The zero-order valence-electron chi connectivity index (χ0n) is 10.8. The molecule has 4 heteroatoms. The molecular formula is C15H16N2OS. The molecule has 3 nitrogen and oxygen atoms in total. The van der Waals surface area contributed by atoms with Gasteiger partial charge < -0.3 is 9.67 Å². The standard InChI is InChI=1S/C15H16N2OS/c1-2-8-17-9-7-16-15(17)14(18)13-10-11-5-3-4-6-12(11)19-13/h3-7,9-10,14,18H,2,8H2,1H3. The van der Waals surface area contributed by atoms with Crippen molar-refractivity contribution in [1.29, 1.82) is 0 Å². The van der Waals surface area contributed by atoms with Crippen LogP contribution in [0.4, 0.5) is 0 Å². The molecule has 0 saturated carbocycles. The fourth-order valence-corrected chi connectivity index (χ4v) is 3.31. The number of aryl methyl sites for hydroxylation is 1. The summed E-state index contributed by atoms with van der Waals surface area (Å²) in [6.07, 6.45) is 4.07. The van der Waals surface area contributed by atoms with E-state index in [-0.39, 0.29) is 0 Å². The average molecular weight is 272 g/mol. The van der Waals surface area contributed by atoms with Crippen LogP contribution in [0.1, 0.15) is 30.2 Å². The Labute approximate surface area is 116 Å². The number of aromatic nitrogens is 2. The van der Waals surface area contributed by atoms with Crippen LogP contribution in [-0.4, -0.2) is 14.7 Å². The number of thiophene rings is 1. The lowest BCUT2D eigenvalue weighted by atomic mass is 10.2. The summed E-state index contributed by atoms with van der Waals surface area (Å²) in [6, 6.07) is 10.2. The second-order valence-corrected chi connectivity index (χ2v) is 5.68.